The van der Waals surface area contributed by atoms with E-state index in [1.165, 1.54) is 37.5 Å². The second-order valence-electron chi connectivity index (χ2n) is 7.78. The summed E-state index contributed by atoms with van der Waals surface area (Å²) < 4.78 is 37.0. The molecule has 0 aromatic heterocycles. The Balaban J connectivity index is 1.59. The maximum atomic E-state index is 12.9. The van der Waals surface area contributed by atoms with Gasteiger partial charge in [0.05, 0.1) is 23.6 Å². The molecule has 0 aliphatic carbocycles. The fourth-order valence-corrected chi connectivity index (χ4v) is 5.69. The van der Waals surface area contributed by atoms with E-state index < -0.39 is 21.3 Å². The van der Waals surface area contributed by atoms with Crippen molar-refractivity contribution < 1.29 is 26.9 Å². The number of halogens is 2. The van der Waals surface area contributed by atoms with Gasteiger partial charge in [0.2, 0.25) is 5.75 Å². The van der Waals surface area contributed by atoms with Crippen molar-refractivity contribution >= 4 is 66.6 Å². The summed E-state index contributed by atoms with van der Waals surface area (Å²) in [5.74, 6) is -0.566. The van der Waals surface area contributed by atoms with Gasteiger partial charge in [-0.25, -0.2) is 0 Å². The van der Waals surface area contributed by atoms with Gasteiger partial charge >= 0.3 is 10.1 Å². The van der Waals surface area contributed by atoms with Crippen LogP contribution < -0.4 is 8.92 Å². The predicted molar refractivity (Wildman–Crippen MR) is 143 cm³/mol. The molecule has 0 saturated carbocycles. The Hall–Kier alpha value is -2.79. The minimum atomic E-state index is -4.17. The molecule has 3 aromatic rings. The van der Waals surface area contributed by atoms with E-state index in [4.69, 9.17) is 20.5 Å². The number of methoxy groups -OCH3 is 1. The molecule has 186 valence electrons. The number of ether oxygens (including phenoxy) is 1. The van der Waals surface area contributed by atoms with Crippen LogP contribution in [-0.2, 0) is 21.5 Å². The summed E-state index contributed by atoms with van der Waals surface area (Å²) in [7, 11) is -2.83. The fraction of sp³-hybridized carbons (Fsp3) is 0.120. The van der Waals surface area contributed by atoms with E-state index in [1.54, 1.807) is 12.1 Å². The van der Waals surface area contributed by atoms with Gasteiger partial charge in [0.1, 0.15) is 4.90 Å². The van der Waals surface area contributed by atoms with Crippen molar-refractivity contribution in [2.24, 2.45) is 0 Å². The van der Waals surface area contributed by atoms with E-state index in [9.17, 15) is 18.0 Å². The quantitative estimate of drug-likeness (QED) is 0.226. The molecule has 1 aliphatic rings. The summed E-state index contributed by atoms with van der Waals surface area (Å²) in [6, 6.07) is 16.4. The topological polar surface area (TPSA) is 90.0 Å². The Morgan fingerprint density at radius 2 is 1.72 bits per heavy atom. The molecule has 2 amide bonds. The second-order valence-corrected chi connectivity index (χ2v) is 11.6. The van der Waals surface area contributed by atoms with E-state index in [1.807, 2.05) is 31.2 Å². The Morgan fingerprint density at radius 1 is 1.06 bits per heavy atom. The monoisotopic (exact) mass is 607 g/mol. The number of rotatable bonds is 7. The Kier molecular flexibility index (Phi) is 7.79. The predicted octanol–water partition coefficient (Wildman–Crippen LogP) is 6.42. The lowest BCUT2D eigenvalue weighted by Gasteiger charge is -2.14. The van der Waals surface area contributed by atoms with Gasteiger partial charge < -0.3 is 8.92 Å². The van der Waals surface area contributed by atoms with Crippen molar-refractivity contribution in [3.63, 3.8) is 0 Å². The van der Waals surface area contributed by atoms with E-state index in [0.29, 0.717) is 5.56 Å². The van der Waals surface area contributed by atoms with Crippen molar-refractivity contribution in [3.05, 3.63) is 91.8 Å². The van der Waals surface area contributed by atoms with Gasteiger partial charge in [0, 0.05) is 4.47 Å². The maximum absolute atomic E-state index is 12.9. The number of hydrogen-bond acceptors (Lipinski definition) is 7. The van der Waals surface area contributed by atoms with Gasteiger partial charge in [-0.2, -0.15) is 8.42 Å². The number of nitrogens with zero attached hydrogens (tertiary/aromatic N) is 1. The molecule has 0 N–H and O–H groups in total. The zero-order valence-corrected chi connectivity index (χ0v) is 23.0. The van der Waals surface area contributed by atoms with E-state index in [2.05, 4.69) is 15.9 Å². The molecule has 0 spiro atoms. The van der Waals surface area contributed by atoms with E-state index in [-0.39, 0.29) is 32.9 Å². The number of aryl methyl sites for hydroxylation is 1. The number of benzene rings is 3. The summed E-state index contributed by atoms with van der Waals surface area (Å²) in [5, 5.41) is -0.429. The highest BCUT2D eigenvalue weighted by Gasteiger charge is 2.35. The summed E-state index contributed by atoms with van der Waals surface area (Å²) in [4.78, 5) is 26.7. The van der Waals surface area contributed by atoms with Crippen molar-refractivity contribution in [3.8, 4) is 11.5 Å². The van der Waals surface area contributed by atoms with Crippen LogP contribution in [0.3, 0.4) is 0 Å². The number of hydrogen-bond donors (Lipinski definition) is 0. The van der Waals surface area contributed by atoms with Crippen molar-refractivity contribution in [1.29, 1.82) is 0 Å². The van der Waals surface area contributed by atoms with Gasteiger partial charge in [0.25, 0.3) is 11.1 Å². The molecule has 0 radical (unpaired) electrons. The first-order chi connectivity index (χ1) is 17.1. The van der Waals surface area contributed by atoms with Crippen LogP contribution in [0.4, 0.5) is 4.79 Å². The molecular formula is C25H19BrClNO6S2. The fourth-order valence-electron chi connectivity index (χ4n) is 3.33. The smallest absolute Gasteiger partial charge is 0.339 e. The van der Waals surface area contributed by atoms with Gasteiger partial charge in [0.15, 0.2) is 5.75 Å². The summed E-state index contributed by atoms with van der Waals surface area (Å²) in [6.45, 7) is 1.98. The SMILES string of the molecule is COc1cc(/C=C2\SC(=O)N(Cc3ccc(Br)cc3)C2=O)cc(Cl)c1OS(=O)(=O)c1ccc(C)cc1. The Morgan fingerprint density at radius 3 is 2.36 bits per heavy atom. The minimum absolute atomic E-state index is 0.0326. The Labute approximate surface area is 226 Å². The van der Waals surface area contributed by atoms with Crippen molar-refractivity contribution in [1.82, 2.24) is 4.90 Å². The molecule has 1 heterocycles. The number of carbonyl (C=O) groups is 2. The molecule has 1 saturated heterocycles. The minimum Gasteiger partial charge on any atom is -0.493 e. The second kappa shape index (κ2) is 10.7. The molecule has 4 rings (SSSR count). The number of carbonyl (C=O) groups excluding carboxylic acids is 2. The first-order valence-corrected chi connectivity index (χ1v) is 13.9. The first kappa shape index (κ1) is 26.3. The third kappa shape index (κ3) is 5.78. The number of amides is 2. The van der Waals surface area contributed by atoms with Gasteiger partial charge in [-0.05, 0) is 72.3 Å². The zero-order chi connectivity index (χ0) is 26.0. The highest BCUT2D eigenvalue weighted by Crippen LogP contribution is 2.40. The lowest BCUT2D eigenvalue weighted by Crippen LogP contribution is -2.27. The largest absolute Gasteiger partial charge is 0.493 e. The van der Waals surface area contributed by atoms with Gasteiger partial charge in [-0.1, -0.05) is 57.4 Å². The third-order valence-corrected chi connectivity index (χ3v) is 8.13. The molecular weight excluding hydrogens is 590 g/mol. The lowest BCUT2D eigenvalue weighted by atomic mass is 10.1. The molecule has 0 bridgehead atoms. The number of imide groups is 1. The average molecular weight is 609 g/mol. The lowest BCUT2D eigenvalue weighted by molar-refractivity contribution is -0.123. The highest BCUT2D eigenvalue weighted by atomic mass is 79.9. The molecule has 7 nitrogen and oxygen atoms in total. The molecule has 36 heavy (non-hydrogen) atoms. The van der Waals surface area contributed by atoms with Crippen molar-refractivity contribution in [2.45, 2.75) is 18.4 Å². The zero-order valence-electron chi connectivity index (χ0n) is 19.0. The van der Waals surface area contributed by atoms with Crippen LogP contribution in [0.25, 0.3) is 6.08 Å². The van der Waals surface area contributed by atoms with Crippen molar-refractivity contribution in [2.75, 3.05) is 7.11 Å². The summed E-state index contributed by atoms with van der Waals surface area (Å²) in [5.41, 5.74) is 2.14. The molecule has 3 aromatic carbocycles. The van der Waals surface area contributed by atoms with Crippen LogP contribution in [0.2, 0.25) is 5.02 Å². The van der Waals surface area contributed by atoms with Crippen LogP contribution in [-0.4, -0.2) is 31.6 Å². The van der Waals surface area contributed by atoms with Crippen LogP contribution in [0.5, 0.6) is 11.5 Å². The average Bonchev–Trinajstić information content (AvgIpc) is 3.09. The first-order valence-electron chi connectivity index (χ1n) is 10.5. The third-order valence-electron chi connectivity index (χ3n) is 5.18. The molecule has 0 atom stereocenters. The highest BCUT2D eigenvalue weighted by molar-refractivity contribution is 9.10. The number of thioether (sulfide) groups is 1. The van der Waals surface area contributed by atoms with E-state index >= 15 is 0 Å². The van der Waals surface area contributed by atoms with Gasteiger partial charge in [-0.3, -0.25) is 14.5 Å². The Bertz CT molecular complexity index is 1470. The molecule has 0 unspecified atom stereocenters. The van der Waals surface area contributed by atoms with Crippen LogP contribution in [0.15, 0.2) is 74.9 Å². The summed E-state index contributed by atoms with van der Waals surface area (Å²) in [6.07, 6.45) is 1.50. The maximum Gasteiger partial charge on any atom is 0.339 e. The van der Waals surface area contributed by atoms with Crippen LogP contribution in [0.1, 0.15) is 16.7 Å². The molecule has 11 heteroatoms. The van der Waals surface area contributed by atoms with E-state index in [0.717, 1.165) is 32.3 Å². The molecule has 1 fully saturated rings. The van der Waals surface area contributed by atoms with Gasteiger partial charge in [-0.15, -0.1) is 0 Å². The standard InChI is InChI=1S/C25H19BrClNO6S2/c1-15-3-9-19(10-4-15)36(31,32)34-23-20(27)11-17(12-21(23)33-2)13-22-24(29)28(25(30)35-22)14-16-5-7-18(26)8-6-16/h3-13H,14H2,1-2H3/b22-13-. The summed E-state index contributed by atoms with van der Waals surface area (Å²) >= 11 is 10.5. The molecule has 1 aliphatic heterocycles. The van der Waals surface area contributed by atoms with Crippen LogP contribution >= 0.6 is 39.3 Å². The normalized spacial score (nSPS) is 15.0. The van der Waals surface area contributed by atoms with Crippen LogP contribution in [0, 0.1) is 6.92 Å².